The van der Waals surface area contributed by atoms with Gasteiger partial charge >= 0.3 is 11.9 Å². The lowest BCUT2D eigenvalue weighted by Gasteiger charge is -2.31. The molecule has 0 unspecified atom stereocenters. The molecule has 0 amide bonds. The Morgan fingerprint density at radius 1 is 0.933 bits per heavy atom. The van der Waals surface area contributed by atoms with Gasteiger partial charge in [-0.2, -0.15) is 0 Å². The number of carbonyl (C=O) groups is 2. The van der Waals surface area contributed by atoms with Crippen molar-refractivity contribution in [1.82, 2.24) is 0 Å². The van der Waals surface area contributed by atoms with Gasteiger partial charge in [-0.25, -0.2) is 0 Å². The van der Waals surface area contributed by atoms with Gasteiger partial charge in [0.2, 0.25) is 0 Å². The van der Waals surface area contributed by atoms with E-state index in [0.29, 0.717) is 6.42 Å². The van der Waals surface area contributed by atoms with Crippen molar-refractivity contribution in [1.29, 1.82) is 0 Å². The van der Waals surface area contributed by atoms with E-state index >= 15 is 0 Å². The van der Waals surface area contributed by atoms with Gasteiger partial charge in [-0.15, -0.1) is 0 Å². The second-order valence-corrected chi connectivity index (χ2v) is 6.29. The van der Waals surface area contributed by atoms with E-state index in [1.54, 1.807) is 0 Å². The number of fused-ring (bicyclic) bond motifs is 2. The standard InChI is InChI=1S/C9H10Br2O4/c10-6-2-1-3(7(6)11)5(9(14)15)4(2)8(12)13/h2-7H,1H2,(H,12,13)(H,14,15)/t2-,3+,4-,5+,6+,7-. The summed E-state index contributed by atoms with van der Waals surface area (Å²) in [6, 6.07) is 0. The summed E-state index contributed by atoms with van der Waals surface area (Å²) in [5.74, 6) is -3.61. The van der Waals surface area contributed by atoms with Crippen molar-refractivity contribution in [2.45, 2.75) is 16.1 Å². The van der Waals surface area contributed by atoms with Crippen LogP contribution < -0.4 is 0 Å². The summed E-state index contributed by atoms with van der Waals surface area (Å²) >= 11 is 6.89. The van der Waals surface area contributed by atoms with Crippen LogP contribution in [-0.4, -0.2) is 31.8 Å². The van der Waals surface area contributed by atoms with Gasteiger partial charge in [0.15, 0.2) is 0 Å². The highest BCUT2D eigenvalue weighted by Gasteiger charge is 2.61. The van der Waals surface area contributed by atoms with E-state index in [0.717, 1.165) is 0 Å². The third kappa shape index (κ3) is 1.53. The quantitative estimate of drug-likeness (QED) is 0.747. The molecular weight excluding hydrogens is 332 g/mol. The molecule has 2 fully saturated rings. The zero-order chi connectivity index (χ0) is 11.3. The van der Waals surface area contributed by atoms with Crippen molar-refractivity contribution < 1.29 is 19.8 Å². The summed E-state index contributed by atoms with van der Waals surface area (Å²) in [6.07, 6.45) is 0.680. The molecule has 2 bridgehead atoms. The van der Waals surface area contributed by atoms with E-state index < -0.39 is 23.8 Å². The molecular formula is C9H10Br2O4. The average Bonchev–Trinajstić information content (AvgIpc) is 2.64. The minimum absolute atomic E-state index is 0.0687. The van der Waals surface area contributed by atoms with Gasteiger partial charge in [0.05, 0.1) is 11.8 Å². The number of aliphatic carboxylic acids is 2. The van der Waals surface area contributed by atoms with Crippen molar-refractivity contribution in [2.24, 2.45) is 23.7 Å². The molecule has 2 rings (SSSR count). The van der Waals surface area contributed by atoms with Crippen LogP contribution in [0, 0.1) is 23.7 Å². The Morgan fingerprint density at radius 3 is 1.53 bits per heavy atom. The minimum atomic E-state index is -0.987. The van der Waals surface area contributed by atoms with Gasteiger partial charge in [-0.3, -0.25) is 9.59 Å². The van der Waals surface area contributed by atoms with Crippen molar-refractivity contribution in [3.8, 4) is 0 Å². The van der Waals surface area contributed by atoms with Gasteiger partial charge in [0, 0.05) is 9.65 Å². The van der Waals surface area contributed by atoms with Gasteiger partial charge in [-0.05, 0) is 18.3 Å². The molecule has 4 nitrogen and oxygen atoms in total. The van der Waals surface area contributed by atoms with E-state index in [1.807, 2.05) is 0 Å². The van der Waals surface area contributed by atoms with Gasteiger partial charge in [0.1, 0.15) is 0 Å². The molecule has 0 aromatic heterocycles. The second kappa shape index (κ2) is 3.73. The topological polar surface area (TPSA) is 74.6 Å². The Morgan fingerprint density at radius 2 is 1.27 bits per heavy atom. The summed E-state index contributed by atoms with van der Waals surface area (Å²) in [7, 11) is 0. The predicted octanol–water partition coefficient (Wildman–Crippen LogP) is 1.56. The zero-order valence-electron chi connectivity index (χ0n) is 7.64. The number of carboxylic acids is 2. The lowest BCUT2D eigenvalue weighted by Crippen LogP contribution is -2.43. The van der Waals surface area contributed by atoms with Crippen LogP contribution in [0.15, 0.2) is 0 Å². The lowest BCUT2D eigenvalue weighted by molar-refractivity contribution is -0.155. The number of hydrogen-bond acceptors (Lipinski definition) is 2. The van der Waals surface area contributed by atoms with Crippen LogP contribution in [0.3, 0.4) is 0 Å². The van der Waals surface area contributed by atoms with Crippen LogP contribution >= 0.6 is 31.9 Å². The fourth-order valence-electron chi connectivity index (χ4n) is 2.94. The summed E-state index contributed by atoms with van der Waals surface area (Å²) in [5.41, 5.74) is 0. The first kappa shape index (κ1) is 11.4. The summed E-state index contributed by atoms with van der Waals surface area (Å²) in [4.78, 5) is 22.3. The van der Waals surface area contributed by atoms with Crippen LogP contribution in [-0.2, 0) is 9.59 Å². The highest BCUT2D eigenvalue weighted by atomic mass is 79.9. The highest BCUT2D eigenvalue weighted by Crippen LogP contribution is 2.57. The van der Waals surface area contributed by atoms with Gasteiger partial charge < -0.3 is 10.2 Å². The molecule has 2 aliphatic carbocycles. The number of hydrogen-bond donors (Lipinski definition) is 2. The third-order valence-corrected chi connectivity index (χ3v) is 6.75. The third-order valence-electron chi connectivity index (χ3n) is 3.55. The molecule has 15 heavy (non-hydrogen) atoms. The first-order valence-corrected chi connectivity index (χ1v) is 6.52. The highest BCUT2D eigenvalue weighted by molar-refractivity contribution is 9.12. The van der Waals surface area contributed by atoms with E-state index in [9.17, 15) is 9.59 Å². The first-order valence-electron chi connectivity index (χ1n) is 4.69. The maximum atomic E-state index is 11.1. The molecule has 6 atom stereocenters. The molecule has 0 aromatic carbocycles. The van der Waals surface area contributed by atoms with Crippen LogP contribution in [0.1, 0.15) is 6.42 Å². The molecule has 0 aromatic rings. The normalized spacial score (nSPS) is 48.1. The number of rotatable bonds is 2. The maximum Gasteiger partial charge on any atom is 0.307 e. The predicted molar refractivity (Wildman–Crippen MR) is 59.3 cm³/mol. The minimum Gasteiger partial charge on any atom is -0.481 e. The van der Waals surface area contributed by atoms with Crippen LogP contribution in [0.25, 0.3) is 0 Å². The number of halogens is 2. The maximum absolute atomic E-state index is 11.1. The molecule has 2 saturated carbocycles. The van der Waals surface area contributed by atoms with Crippen molar-refractivity contribution in [3.63, 3.8) is 0 Å². The molecule has 0 spiro atoms. The van der Waals surface area contributed by atoms with E-state index in [1.165, 1.54) is 0 Å². The molecule has 0 saturated heterocycles. The summed E-state index contributed by atoms with van der Waals surface area (Å²) in [5, 5.41) is 18.1. The van der Waals surface area contributed by atoms with Crippen LogP contribution in [0.4, 0.5) is 0 Å². The van der Waals surface area contributed by atoms with Crippen LogP contribution in [0.2, 0.25) is 0 Å². The van der Waals surface area contributed by atoms with E-state index in [4.69, 9.17) is 10.2 Å². The Kier molecular flexibility index (Phi) is 2.83. The van der Waals surface area contributed by atoms with Crippen molar-refractivity contribution in [2.75, 3.05) is 0 Å². The molecule has 0 aliphatic heterocycles. The monoisotopic (exact) mass is 340 g/mol. The molecule has 2 aliphatic rings. The SMILES string of the molecule is O=C(O)[C@@H]1[C@H]2C[C@H]([C@@H](Br)[C@H]2Br)[C@@H]1C(=O)O. The number of alkyl halides is 2. The fourth-order valence-corrected chi connectivity index (χ4v) is 4.82. The average molecular weight is 342 g/mol. The lowest BCUT2D eigenvalue weighted by atomic mass is 9.79. The fraction of sp³-hybridized carbons (Fsp3) is 0.778. The Labute approximate surface area is 103 Å². The van der Waals surface area contributed by atoms with E-state index in [-0.39, 0.29) is 21.5 Å². The molecule has 0 radical (unpaired) electrons. The molecule has 2 N–H and O–H groups in total. The van der Waals surface area contributed by atoms with Crippen LogP contribution in [0.5, 0.6) is 0 Å². The largest absolute Gasteiger partial charge is 0.481 e. The van der Waals surface area contributed by atoms with Gasteiger partial charge in [0.25, 0.3) is 0 Å². The van der Waals surface area contributed by atoms with Crippen molar-refractivity contribution >= 4 is 43.8 Å². The summed E-state index contributed by atoms with van der Waals surface area (Å²) in [6.45, 7) is 0. The van der Waals surface area contributed by atoms with Gasteiger partial charge in [-0.1, -0.05) is 31.9 Å². The Bertz CT molecular complexity index is 289. The molecule has 0 heterocycles. The first-order chi connectivity index (χ1) is 6.95. The van der Waals surface area contributed by atoms with Crippen molar-refractivity contribution in [3.05, 3.63) is 0 Å². The summed E-state index contributed by atoms with van der Waals surface area (Å²) < 4.78 is 0. The Hall–Kier alpha value is -0.100. The zero-order valence-corrected chi connectivity index (χ0v) is 10.8. The number of carboxylic acid groups (broad SMARTS) is 2. The second-order valence-electron chi connectivity index (χ2n) is 4.18. The molecule has 6 heteroatoms. The Balaban J connectivity index is 2.32. The molecule has 84 valence electrons. The smallest absolute Gasteiger partial charge is 0.307 e. The van der Waals surface area contributed by atoms with E-state index in [2.05, 4.69) is 31.9 Å².